The summed E-state index contributed by atoms with van der Waals surface area (Å²) in [6, 6.07) is 8.84. The van der Waals surface area contributed by atoms with Gasteiger partial charge in [0.2, 0.25) is 0 Å². The van der Waals surface area contributed by atoms with Crippen LogP contribution in [0.25, 0.3) is 0 Å². The average molecular weight is 410 g/mol. The van der Waals surface area contributed by atoms with E-state index >= 15 is 0 Å². The molecular formula is C18H14ClF6NO. The third-order valence-electron chi connectivity index (χ3n) is 3.54. The molecule has 0 radical (unpaired) electrons. The fourth-order valence-corrected chi connectivity index (χ4v) is 2.41. The standard InChI is InChI=1S/C18H14ClF6NO/c19-15-10-12(18(23,24)25)3-6-16(15)27-14-4-1-11(2-5-14)9-13(26)7-8-17(20,21)22/h1-6,10,26H,7-9H2. The molecule has 27 heavy (non-hydrogen) atoms. The SMILES string of the molecule is N=C(CCC(F)(F)F)Cc1ccc(Oc2ccc(C(F)(F)F)cc2Cl)cc1. The Labute approximate surface area is 156 Å². The summed E-state index contributed by atoms with van der Waals surface area (Å²) in [5, 5.41) is 7.39. The van der Waals surface area contributed by atoms with Crippen molar-refractivity contribution in [2.75, 3.05) is 0 Å². The minimum atomic E-state index is -4.51. The van der Waals surface area contributed by atoms with Crippen LogP contribution in [-0.2, 0) is 12.6 Å². The van der Waals surface area contributed by atoms with Crippen LogP contribution < -0.4 is 4.74 Å². The Balaban J connectivity index is 1.99. The van der Waals surface area contributed by atoms with Gasteiger partial charge in [-0.05, 0) is 42.3 Å². The zero-order chi connectivity index (χ0) is 20.2. The molecule has 2 rings (SSSR count). The third-order valence-corrected chi connectivity index (χ3v) is 3.83. The third kappa shape index (κ3) is 6.78. The van der Waals surface area contributed by atoms with Crippen LogP contribution >= 0.6 is 11.6 Å². The van der Waals surface area contributed by atoms with Crippen molar-refractivity contribution in [3.05, 3.63) is 58.6 Å². The number of halogens is 7. The van der Waals surface area contributed by atoms with Gasteiger partial charge in [0, 0.05) is 18.6 Å². The van der Waals surface area contributed by atoms with E-state index < -0.39 is 24.3 Å². The number of ether oxygens (including phenoxy) is 1. The van der Waals surface area contributed by atoms with Gasteiger partial charge in [0.15, 0.2) is 0 Å². The maximum atomic E-state index is 12.6. The van der Waals surface area contributed by atoms with Gasteiger partial charge in [-0.1, -0.05) is 23.7 Å². The predicted molar refractivity (Wildman–Crippen MR) is 89.7 cm³/mol. The molecule has 0 heterocycles. The summed E-state index contributed by atoms with van der Waals surface area (Å²) in [6.07, 6.45) is -10.2. The summed E-state index contributed by atoms with van der Waals surface area (Å²) >= 11 is 5.81. The first-order valence-corrected chi connectivity index (χ1v) is 8.08. The number of rotatable bonds is 6. The minimum Gasteiger partial charge on any atom is -0.456 e. The van der Waals surface area contributed by atoms with Gasteiger partial charge in [-0.15, -0.1) is 0 Å². The monoisotopic (exact) mass is 409 g/mol. The van der Waals surface area contributed by atoms with Crippen LogP contribution in [0.2, 0.25) is 5.02 Å². The molecule has 0 aliphatic carbocycles. The summed E-state index contributed by atoms with van der Waals surface area (Å²) in [5.74, 6) is 0.331. The first-order chi connectivity index (χ1) is 12.4. The lowest BCUT2D eigenvalue weighted by atomic mass is 10.0. The molecule has 1 N–H and O–H groups in total. The highest BCUT2D eigenvalue weighted by Gasteiger charge is 2.31. The molecule has 9 heteroatoms. The summed E-state index contributed by atoms with van der Waals surface area (Å²) in [7, 11) is 0. The molecule has 0 bridgehead atoms. The fourth-order valence-electron chi connectivity index (χ4n) is 2.19. The summed E-state index contributed by atoms with van der Waals surface area (Å²) in [5.41, 5.74) is -0.326. The van der Waals surface area contributed by atoms with E-state index in [4.69, 9.17) is 21.7 Å². The van der Waals surface area contributed by atoms with Gasteiger partial charge in [0.1, 0.15) is 11.5 Å². The Morgan fingerprint density at radius 3 is 2.11 bits per heavy atom. The molecule has 0 atom stereocenters. The molecule has 0 fully saturated rings. The van der Waals surface area contributed by atoms with Crippen LogP contribution in [0, 0.1) is 5.41 Å². The van der Waals surface area contributed by atoms with Crippen LogP contribution in [0.15, 0.2) is 42.5 Å². The second-order valence-corrected chi connectivity index (χ2v) is 6.19. The lowest BCUT2D eigenvalue weighted by molar-refractivity contribution is -0.137. The van der Waals surface area contributed by atoms with E-state index in [1.165, 1.54) is 12.1 Å². The highest BCUT2D eigenvalue weighted by molar-refractivity contribution is 6.32. The second kappa shape index (κ2) is 8.21. The molecule has 2 aromatic rings. The van der Waals surface area contributed by atoms with Gasteiger partial charge < -0.3 is 10.1 Å². The number of alkyl halides is 6. The Hall–Kier alpha value is -2.22. The van der Waals surface area contributed by atoms with E-state index in [1.54, 1.807) is 12.1 Å². The first-order valence-electron chi connectivity index (χ1n) is 7.70. The van der Waals surface area contributed by atoms with Crippen molar-refractivity contribution in [2.45, 2.75) is 31.6 Å². The molecule has 0 aliphatic rings. The van der Waals surface area contributed by atoms with Crippen molar-refractivity contribution in [1.29, 1.82) is 5.41 Å². The molecule has 0 saturated carbocycles. The quantitative estimate of drug-likeness (QED) is 0.402. The molecule has 0 saturated heterocycles. The highest BCUT2D eigenvalue weighted by atomic mass is 35.5. The Morgan fingerprint density at radius 2 is 1.59 bits per heavy atom. The van der Waals surface area contributed by atoms with Gasteiger partial charge in [-0.25, -0.2) is 0 Å². The van der Waals surface area contributed by atoms with Crippen LogP contribution in [0.1, 0.15) is 24.0 Å². The predicted octanol–water partition coefficient (Wildman–Crippen LogP) is 7.06. The minimum absolute atomic E-state index is 0.0373. The first kappa shape index (κ1) is 21.1. The smallest absolute Gasteiger partial charge is 0.416 e. The second-order valence-electron chi connectivity index (χ2n) is 5.78. The van der Waals surface area contributed by atoms with Crippen molar-refractivity contribution in [1.82, 2.24) is 0 Å². The number of nitrogens with one attached hydrogen (secondary N) is 1. The van der Waals surface area contributed by atoms with E-state index in [-0.39, 0.29) is 29.3 Å². The Kier molecular flexibility index (Phi) is 6.41. The van der Waals surface area contributed by atoms with E-state index in [2.05, 4.69) is 0 Å². The topological polar surface area (TPSA) is 33.1 Å². The normalized spacial score (nSPS) is 12.1. The van der Waals surface area contributed by atoms with Gasteiger partial charge in [0.25, 0.3) is 0 Å². The van der Waals surface area contributed by atoms with Gasteiger partial charge in [-0.3, -0.25) is 0 Å². The summed E-state index contributed by atoms with van der Waals surface area (Å²) in [4.78, 5) is 0. The van der Waals surface area contributed by atoms with Crippen molar-refractivity contribution < 1.29 is 31.1 Å². The van der Waals surface area contributed by atoms with Crippen LogP contribution in [0.4, 0.5) is 26.3 Å². The van der Waals surface area contributed by atoms with E-state index in [0.717, 1.165) is 18.2 Å². The Morgan fingerprint density at radius 1 is 0.963 bits per heavy atom. The van der Waals surface area contributed by atoms with E-state index in [9.17, 15) is 26.3 Å². The van der Waals surface area contributed by atoms with Crippen molar-refractivity contribution in [3.63, 3.8) is 0 Å². The van der Waals surface area contributed by atoms with Crippen LogP contribution in [0.3, 0.4) is 0 Å². The summed E-state index contributed by atoms with van der Waals surface area (Å²) in [6.45, 7) is 0. The zero-order valence-corrected chi connectivity index (χ0v) is 14.5. The molecule has 2 nitrogen and oxygen atoms in total. The van der Waals surface area contributed by atoms with Crippen molar-refractivity contribution in [3.8, 4) is 11.5 Å². The van der Waals surface area contributed by atoms with Gasteiger partial charge in [-0.2, -0.15) is 26.3 Å². The number of hydrogen-bond donors (Lipinski definition) is 1. The Bertz CT molecular complexity index is 799. The lowest BCUT2D eigenvalue weighted by Crippen LogP contribution is -2.11. The van der Waals surface area contributed by atoms with Gasteiger partial charge >= 0.3 is 12.4 Å². The largest absolute Gasteiger partial charge is 0.456 e. The molecule has 0 spiro atoms. The van der Waals surface area contributed by atoms with Crippen molar-refractivity contribution >= 4 is 17.3 Å². The molecular weight excluding hydrogens is 396 g/mol. The van der Waals surface area contributed by atoms with Crippen LogP contribution in [-0.4, -0.2) is 11.9 Å². The highest BCUT2D eigenvalue weighted by Crippen LogP contribution is 2.36. The molecule has 2 aromatic carbocycles. The zero-order valence-electron chi connectivity index (χ0n) is 13.7. The number of hydrogen-bond acceptors (Lipinski definition) is 2. The fraction of sp³-hybridized carbons (Fsp3) is 0.278. The van der Waals surface area contributed by atoms with E-state index in [0.29, 0.717) is 11.3 Å². The van der Waals surface area contributed by atoms with Gasteiger partial charge in [0.05, 0.1) is 10.6 Å². The average Bonchev–Trinajstić information content (AvgIpc) is 2.55. The summed E-state index contributed by atoms with van der Waals surface area (Å²) < 4.78 is 79.7. The molecule has 0 unspecified atom stereocenters. The molecule has 0 amide bonds. The maximum absolute atomic E-state index is 12.6. The molecule has 0 aliphatic heterocycles. The van der Waals surface area contributed by atoms with Crippen molar-refractivity contribution in [2.24, 2.45) is 0 Å². The van der Waals surface area contributed by atoms with E-state index in [1.807, 2.05) is 0 Å². The molecule has 146 valence electrons. The maximum Gasteiger partial charge on any atom is 0.416 e. The molecule has 0 aromatic heterocycles. The number of benzene rings is 2. The van der Waals surface area contributed by atoms with Crippen LogP contribution in [0.5, 0.6) is 11.5 Å². The lowest BCUT2D eigenvalue weighted by Gasteiger charge is -2.12.